The molecule has 0 bridgehead atoms. The van der Waals surface area contributed by atoms with Crippen LogP contribution < -0.4 is 0 Å². The van der Waals surface area contributed by atoms with Gasteiger partial charge in [0, 0.05) is 12.8 Å². The van der Waals surface area contributed by atoms with Crippen molar-refractivity contribution in [2.24, 2.45) is 105 Å². The van der Waals surface area contributed by atoms with E-state index in [0.717, 1.165) is 64.2 Å². The number of carbonyl (C=O) groups excluding carboxylic acids is 1. The van der Waals surface area contributed by atoms with Crippen LogP contribution >= 0.6 is 0 Å². The minimum atomic E-state index is -0.693. The number of aliphatic hydroxyl groups excluding tert-OH is 3. The fraction of sp³-hybridized carbons (Fsp3) is 0.943. The Morgan fingerprint density at radius 3 is 1.40 bits per heavy atom. The van der Waals surface area contributed by atoms with Crippen LogP contribution in [0, 0.1) is 105 Å². The molecule has 8 rings (SSSR count). The number of hydrogen-bond acceptors (Lipinski definition) is 7. The van der Waals surface area contributed by atoms with Gasteiger partial charge in [0.05, 0.1) is 18.3 Å². The van der Waals surface area contributed by atoms with E-state index < -0.39 is 11.9 Å². The zero-order valence-corrected chi connectivity index (χ0v) is 40.0. The lowest BCUT2D eigenvalue weighted by molar-refractivity contribution is -0.205. The van der Waals surface area contributed by atoms with Gasteiger partial charge in [-0.3, -0.25) is 14.4 Å². The lowest BCUT2D eigenvalue weighted by Crippen LogP contribution is -2.62. The molecule has 8 saturated carbocycles. The van der Waals surface area contributed by atoms with Crippen molar-refractivity contribution in [3.05, 3.63) is 0 Å². The number of aliphatic carboxylic acids is 2. The molecule has 0 amide bonds. The van der Waals surface area contributed by atoms with Gasteiger partial charge in [-0.25, -0.2) is 0 Å². The molecule has 62 heavy (non-hydrogen) atoms. The molecule has 8 aliphatic carbocycles. The number of rotatable bonds is 12. The molecule has 0 heterocycles. The molecule has 0 aromatic heterocycles. The van der Waals surface area contributed by atoms with Crippen LogP contribution in [0.15, 0.2) is 0 Å². The van der Waals surface area contributed by atoms with Crippen LogP contribution in [0.5, 0.6) is 0 Å². The Bertz CT molecular complexity index is 1580. The van der Waals surface area contributed by atoms with Crippen molar-refractivity contribution in [1.29, 1.82) is 0 Å². The van der Waals surface area contributed by atoms with E-state index in [1.807, 2.05) is 0 Å². The average Bonchev–Trinajstić information content (AvgIpc) is 3.77. The summed E-state index contributed by atoms with van der Waals surface area (Å²) < 4.78 is 5.40. The lowest BCUT2D eigenvalue weighted by Gasteiger charge is -2.64. The minimum Gasteiger partial charge on any atom is -0.481 e. The molecule has 354 valence electrons. The second-order valence-electron chi connectivity index (χ2n) is 24.3. The Balaban J connectivity index is 0.000000187. The molecule has 5 N–H and O–H groups in total. The van der Waals surface area contributed by atoms with Crippen molar-refractivity contribution in [2.45, 2.75) is 208 Å². The van der Waals surface area contributed by atoms with Crippen LogP contribution in [0.2, 0.25) is 0 Å². The van der Waals surface area contributed by atoms with E-state index in [2.05, 4.69) is 55.4 Å². The SMILES string of the molecule is CC[C@H]1[C@@H](O)[C@@H]2[C@H](CC[C@]3(C)[C@@H]([C@H](C)CCC(=O)O)CC[C@@H]23)[C@@]2(C)CC[C@@H](O)C[C@@H]12.CC[C@H]1[C@@H](O)[C@@H]2[C@H](CC[C@]3(C)[C@@H]([C@H](C)CCC(=O)O)CC[C@@H]23)[C@@]2(C)CC[C@@H](OC=O)C[C@@H]12. The Morgan fingerprint density at radius 2 is 0.984 bits per heavy atom. The van der Waals surface area contributed by atoms with Gasteiger partial charge in [0.15, 0.2) is 0 Å². The normalized spacial score (nSPS) is 50.1. The van der Waals surface area contributed by atoms with Gasteiger partial charge in [0.2, 0.25) is 0 Å². The predicted octanol–water partition coefficient (Wildman–Crippen LogP) is 10.4. The summed E-state index contributed by atoms with van der Waals surface area (Å²) in [6.45, 7) is 19.5. The van der Waals surface area contributed by atoms with Crippen molar-refractivity contribution in [2.75, 3.05) is 0 Å². The van der Waals surface area contributed by atoms with Gasteiger partial charge in [-0.2, -0.15) is 0 Å². The molecule has 9 nitrogen and oxygen atoms in total. The molecule has 8 fully saturated rings. The summed E-state index contributed by atoms with van der Waals surface area (Å²) in [4.78, 5) is 33.3. The number of aliphatic hydroxyl groups is 3. The largest absolute Gasteiger partial charge is 0.481 e. The summed E-state index contributed by atoms with van der Waals surface area (Å²) in [5.74, 6) is 4.96. The first kappa shape index (κ1) is 48.2. The van der Waals surface area contributed by atoms with Crippen molar-refractivity contribution < 1.29 is 44.7 Å². The number of carbonyl (C=O) groups is 3. The highest BCUT2D eigenvalue weighted by Crippen LogP contribution is 2.71. The number of carboxylic acid groups (broad SMARTS) is 2. The van der Waals surface area contributed by atoms with Crippen LogP contribution in [0.4, 0.5) is 0 Å². The molecule has 0 aromatic carbocycles. The van der Waals surface area contributed by atoms with Gasteiger partial charge < -0.3 is 30.3 Å². The Hall–Kier alpha value is -1.71. The molecule has 0 aromatic rings. The summed E-state index contributed by atoms with van der Waals surface area (Å²) in [5.41, 5.74) is 0.898. The summed E-state index contributed by atoms with van der Waals surface area (Å²) in [6, 6.07) is 0. The first-order valence-electron chi connectivity index (χ1n) is 25.9. The third-order valence-corrected chi connectivity index (χ3v) is 22.2. The Kier molecular flexibility index (Phi) is 14.4. The van der Waals surface area contributed by atoms with Gasteiger partial charge in [-0.05, 0) is 207 Å². The summed E-state index contributed by atoms with van der Waals surface area (Å²) in [6.07, 6.45) is 18.6. The molecule has 0 aliphatic heterocycles. The van der Waals surface area contributed by atoms with Crippen molar-refractivity contribution in [1.82, 2.24) is 0 Å². The maximum atomic E-state index is 11.8. The first-order chi connectivity index (χ1) is 29.3. The molecule has 22 atom stereocenters. The van der Waals surface area contributed by atoms with E-state index in [4.69, 9.17) is 9.84 Å². The number of carboxylic acids is 2. The minimum absolute atomic E-state index is 0.00294. The van der Waals surface area contributed by atoms with E-state index in [0.29, 0.717) is 83.4 Å². The van der Waals surface area contributed by atoms with Gasteiger partial charge in [-0.1, -0.05) is 68.2 Å². The van der Waals surface area contributed by atoms with Gasteiger partial charge in [0.25, 0.3) is 6.47 Å². The van der Waals surface area contributed by atoms with Gasteiger partial charge in [0.1, 0.15) is 6.10 Å². The molecule has 0 saturated heterocycles. The zero-order chi connectivity index (χ0) is 45.1. The van der Waals surface area contributed by atoms with Crippen molar-refractivity contribution in [3.63, 3.8) is 0 Å². The Labute approximate surface area is 374 Å². The number of fused-ring (bicyclic) bond motifs is 10. The van der Waals surface area contributed by atoms with Crippen LogP contribution in [-0.4, -0.2) is 68.4 Å². The highest BCUT2D eigenvalue weighted by atomic mass is 16.5. The maximum absolute atomic E-state index is 11.8. The van der Waals surface area contributed by atoms with E-state index in [9.17, 15) is 34.8 Å². The highest BCUT2D eigenvalue weighted by Gasteiger charge is 2.67. The summed E-state index contributed by atoms with van der Waals surface area (Å²) in [7, 11) is 0. The van der Waals surface area contributed by atoms with Crippen molar-refractivity contribution in [3.8, 4) is 0 Å². The van der Waals surface area contributed by atoms with Gasteiger partial charge in [-0.15, -0.1) is 0 Å². The smallest absolute Gasteiger partial charge is 0.303 e. The van der Waals surface area contributed by atoms with E-state index >= 15 is 0 Å². The molecule has 8 aliphatic rings. The first-order valence-corrected chi connectivity index (χ1v) is 25.9. The van der Waals surface area contributed by atoms with Gasteiger partial charge >= 0.3 is 11.9 Å². The van der Waals surface area contributed by atoms with E-state index in [1.54, 1.807) is 0 Å². The topological polar surface area (TPSA) is 162 Å². The maximum Gasteiger partial charge on any atom is 0.303 e. The standard InChI is InChI=1S/C27H44O5.C26H44O4/c1-5-18-22-14-17(32-15-28)10-12-27(22,4)21-11-13-26(3)19(16(2)6-9-23(29)30)7-8-20(26)24(21)25(18)31;1-5-17-21-14-16(27)10-12-26(21,4)20-11-13-25(3)18(15(2)6-9-22(28)29)7-8-19(25)23(20)24(17)30/h15-22,24-25,31H,5-14H2,1-4H3,(H,29,30);15-21,23-24,27,30H,5-14H2,1-4H3,(H,28,29)/t16-,17-,18-,19-,20+,21+,22+,24+,25-,26-,27-;15-,16-,17-,18-,19+,20+,21+,23+,24-,25-,26-/m11/s1. The Morgan fingerprint density at radius 1 is 0.581 bits per heavy atom. The molecule has 0 spiro atoms. The summed E-state index contributed by atoms with van der Waals surface area (Å²) in [5, 5.41) is 52.3. The van der Waals surface area contributed by atoms with Crippen molar-refractivity contribution >= 4 is 18.4 Å². The second kappa shape index (κ2) is 18.5. The fourth-order valence-corrected chi connectivity index (χ4v) is 19.2. The number of hydrogen-bond donors (Lipinski definition) is 5. The third kappa shape index (κ3) is 8.14. The average molecular weight is 869 g/mol. The molecular formula is C53H88O9. The fourth-order valence-electron chi connectivity index (χ4n) is 19.2. The quantitative estimate of drug-likeness (QED) is 0.120. The van der Waals surface area contributed by atoms with Crippen LogP contribution in [0.1, 0.15) is 184 Å². The molecular weight excluding hydrogens is 781 g/mol. The second-order valence-corrected chi connectivity index (χ2v) is 24.3. The highest BCUT2D eigenvalue weighted by molar-refractivity contribution is 5.66. The zero-order valence-electron chi connectivity index (χ0n) is 40.0. The lowest BCUT2D eigenvalue weighted by atomic mass is 9.41. The predicted molar refractivity (Wildman–Crippen MR) is 241 cm³/mol. The third-order valence-electron chi connectivity index (χ3n) is 22.2. The molecule has 0 radical (unpaired) electrons. The number of ether oxygens (including phenoxy) is 1. The van der Waals surface area contributed by atoms with E-state index in [-0.39, 0.29) is 64.8 Å². The molecule has 9 heteroatoms. The van der Waals surface area contributed by atoms with Crippen LogP contribution in [-0.2, 0) is 19.1 Å². The monoisotopic (exact) mass is 869 g/mol. The summed E-state index contributed by atoms with van der Waals surface area (Å²) >= 11 is 0. The van der Waals surface area contributed by atoms with E-state index in [1.165, 1.54) is 51.4 Å². The molecule has 0 unspecified atom stereocenters. The van der Waals surface area contributed by atoms with Crippen LogP contribution in [0.3, 0.4) is 0 Å². The van der Waals surface area contributed by atoms with Crippen LogP contribution in [0.25, 0.3) is 0 Å².